The zero-order chi connectivity index (χ0) is 15.2. The van der Waals surface area contributed by atoms with Crippen molar-refractivity contribution in [2.24, 2.45) is 0 Å². The molecule has 1 aromatic carbocycles. The van der Waals surface area contributed by atoms with E-state index in [4.69, 9.17) is 4.74 Å². The van der Waals surface area contributed by atoms with Gasteiger partial charge in [-0.05, 0) is 30.9 Å². The minimum Gasteiger partial charge on any atom is -0.385 e. The number of nitrogens with zero attached hydrogens (tertiary/aromatic N) is 4. The van der Waals surface area contributed by atoms with E-state index in [0.717, 1.165) is 44.8 Å². The van der Waals surface area contributed by atoms with Crippen LogP contribution in [0.5, 0.6) is 0 Å². The summed E-state index contributed by atoms with van der Waals surface area (Å²) in [5.41, 5.74) is 2.53. The van der Waals surface area contributed by atoms with Gasteiger partial charge < -0.3 is 15.0 Å². The molecule has 2 aromatic rings. The maximum absolute atomic E-state index is 5.04. The highest BCUT2D eigenvalue weighted by molar-refractivity contribution is 5.63. The Kier molecular flexibility index (Phi) is 4.80. The molecule has 0 aliphatic carbocycles. The lowest BCUT2D eigenvalue weighted by Crippen LogP contribution is -2.26. The van der Waals surface area contributed by atoms with E-state index in [1.807, 2.05) is 0 Å². The summed E-state index contributed by atoms with van der Waals surface area (Å²) in [5.74, 6) is 1.41. The summed E-state index contributed by atoms with van der Waals surface area (Å²) in [6.07, 6.45) is 4.80. The Bertz CT molecular complexity index is 619. The van der Waals surface area contributed by atoms with Gasteiger partial charge in [-0.2, -0.15) is 10.1 Å². The number of hydrogen-bond acceptors (Lipinski definition) is 6. The van der Waals surface area contributed by atoms with Gasteiger partial charge in [0.25, 0.3) is 5.95 Å². The SMILES string of the molecule is COCCCNc1cnnc(N2CCCc3ccccc32)n1. The third kappa shape index (κ3) is 3.33. The van der Waals surface area contributed by atoms with E-state index in [1.165, 1.54) is 11.3 Å². The van der Waals surface area contributed by atoms with Gasteiger partial charge in [0, 0.05) is 32.5 Å². The molecule has 6 nitrogen and oxygen atoms in total. The first-order valence-electron chi connectivity index (χ1n) is 7.66. The van der Waals surface area contributed by atoms with E-state index in [-0.39, 0.29) is 0 Å². The maximum atomic E-state index is 5.04. The Morgan fingerprint density at radius 3 is 3.14 bits per heavy atom. The highest BCUT2D eigenvalue weighted by Gasteiger charge is 2.20. The van der Waals surface area contributed by atoms with Gasteiger partial charge in [-0.3, -0.25) is 0 Å². The van der Waals surface area contributed by atoms with Gasteiger partial charge in [0.1, 0.15) is 0 Å². The number of nitrogens with one attached hydrogen (secondary N) is 1. The Morgan fingerprint density at radius 1 is 1.32 bits per heavy atom. The molecule has 3 rings (SSSR count). The second-order valence-electron chi connectivity index (χ2n) is 5.30. The summed E-state index contributed by atoms with van der Waals surface area (Å²) in [4.78, 5) is 6.74. The van der Waals surface area contributed by atoms with Crippen molar-refractivity contribution in [1.82, 2.24) is 15.2 Å². The molecular formula is C16H21N5O. The third-order valence-corrected chi connectivity index (χ3v) is 3.73. The largest absolute Gasteiger partial charge is 0.385 e. The van der Waals surface area contributed by atoms with Crippen molar-refractivity contribution in [2.75, 3.05) is 37.0 Å². The molecule has 2 heterocycles. The number of anilines is 3. The van der Waals surface area contributed by atoms with Crippen LogP contribution in [0.2, 0.25) is 0 Å². The Hall–Kier alpha value is -2.21. The molecule has 1 aliphatic heterocycles. The molecule has 1 N–H and O–H groups in total. The lowest BCUT2D eigenvalue weighted by Gasteiger charge is -2.29. The van der Waals surface area contributed by atoms with Crippen molar-refractivity contribution < 1.29 is 4.74 Å². The Morgan fingerprint density at radius 2 is 2.23 bits per heavy atom. The monoisotopic (exact) mass is 299 g/mol. The normalized spacial score (nSPS) is 13.8. The zero-order valence-electron chi connectivity index (χ0n) is 12.8. The highest BCUT2D eigenvalue weighted by Crippen LogP contribution is 2.31. The van der Waals surface area contributed by atoms with Crippen molar-refractivity contribution in [3.8, 4) is 0 Å². The highest BCUT2D eigenvalue weighted by atomic mass is 16.5. The summed E-state index contributed by atoms with van der Waals surface area (Å²) in [6, 6.07) is 8.42. The molecule has 6 heteroatoms. The van der Waals surface area contributed by atoms with Crippen LogP contribution in [0.4, 0.5) is 17.5 Å². The molecule has 0 fully saturated rings. The number of aromatic nitrogens is 3. The van der Waals surface area contributed by atoms with Crippen LogP contribution in [0.15, 0.2) is 30.5 Å². The molecular weight excluding hydrogens is 278 g/mol. The van der Waals surface area contributed by atoms with Crippen LogP contribution in [0.3, 0.4) is 0 Å². The van der Waals surface area contributed by atoms with Crippen molar-refractivity contribution in [2.45, 2.75) is 19.3 Å². The first-order valence-corrected chi connectivity index (χ1v) is 7.66. The summed E-state index contributed by atoms with van der Waals surface area (Å²) in [5, 5.41) is 11.6. The second-order valence-corrected chi connectivity index (χ2v) is 5.30. The Balaban J connectivity index is 1.75. The van der Waals surface area contributed by atoms with E-state index in [9.17, 15) is 0 Å². The number of hydrogen-bond donors (Lipinski definition) is 1. The van der Waals surface area contributed by atoms with E-state index in [0.29, 0.717) is 5.95 Å². The quantitative estimate of drug-likeness (QED) is 0.826. The third-order valence-electron chi connectivity index (χ3n) is 3.73. The topological polar surface area (TPSA) is 63.2 Å². The van der Waals surface area contributed by atoms with Gasteiger partial charge in [-0.25, -0.2) is 0 Å². The molecule has 1 aromatic heterocycles. The van der Waals surface area contributed by atoms with E-state index >= 15 is 0 Å². The minimum atomic E-state index is 0.656. The van der Waals surface area contributed by atoms with E-state index in [2.05, 4.69) is 49.7 Å². The molecule has 0 saturated heterocycles. The van der Waals surface area contributed by atoms with Crippen molar-refractivity contribution in [3.05, 3.63) is 36.0 Å². The zero-order valence-corrected chi connectivity index (χ0v) is 12.8. The van der Waals surface area contributed by atoms with Gasteiger partial charge in [0.15, 0.2) is 5.82 Å². The van der Waals surface area contributed by atoms with Crippen LogP contribution < -0.4 is 10.2 Å². The molecule has 0 saturated carbocycles. The fourth-order valence-corrected chi connectivity index (χ4v) is 2.67. The van der Waals surface area contributed by atoms with Gasteiger partial charge >= 0.3 is 0 Å². The molecule has 0 amide bonds. The summed E-state index contributed by atoms with van der Waals surface area (Å²) < 4.78 is 5.04. The van der Waals surface area contributed by atoms with Crippen LogP contribution in [0.25, 0.3) is 0 Å². The molecule has 116 valence electrons. The molecule has 0 unspecified atom stereocenters. The molecule has 0 atom stereocenters. The van der Waals surface area contributed by atoms with Gasteiger partial charge in [0.2, 0.25) is 0 Å². The lowest BCUT2D eigenvalue weighted by molar-refractivity contribution is 0.197. The smallest absolute Gasteiger partial charge is 0.251 e. The maximum Gasteiger partial charge on any atom is 0.251 e. The predicted molar refractivity (Wildman–Crippen MR) is 86.6 cm³/mol. The minimum absolute atomic E-state index is 0.656. The fraction of sp³-hybridized carbons (Fsp3) is 0.438. The number of para-hydroxylation sites is 1. The van der Waals surface area contributed by atoms with Gasteiger partial charge in [0.05, 0.1) is 6.20 Å². The number of ether oxygens (including phenoxy) is 1. The van der Waals surface area contributed by atoms with E-state index < -0.39 is 0 Å². The van der Waals surface area contributed by atoms with Crippen molar-refractivity contribution >= 4 is 17.5 Å². The summed E-state index contributed by atoms with van der Waals surface area (Å²) in [6.45, 7) is 2.46. The number of aryl methyl sites for hydroxylation is 1. The standard InChI is InChI=1S/C16H21N5O/c1-22-11-5-9-17-15-12-18-20-16(19-15)21-10-4-7-13-6-2-3-8-14(13)21/h2-3,6,8,12H,4-5,7,9-11H2,1H3,(H,17,19,20). The second kappa shape index (κ2) is 7.17. The van der Waals surface area contributed by atoms with Gasteiger partial charge in [-0.1, -0.05) is 18.2 Å². The van der Waals surface area contributed by atoms with Crippen molar-refractivity contribution in [1.29, 1.82) is 0 Å². The number of benzene rings is 1. The summed E-state index contributed by atoms with van der Waals surface area (Å²) in [7, 11) is 1.71. The Labute approximate surface area is 130 Å². The van der Waals surface area contributed by atoms with Crippen LogP contribution in [0, 0.1) is 0 Å². The number of rotatable bonds is 6. The molecule has 0 radical (unpaired) electrons. The van der Waals surface area contributed by atoms with Crippen LogP contribution >= 0.6 is 0 Å². The first kappa shape index (κ1) is 14.7. The average Bonchev–Trinajstić information content (AvgIpc) is 2.58. The first-order chi connectivity index (χ1) is 10.9. The number of methoxy groups -OCH3 is 1. The van der Waals surface area contributed by atoms with Crippen LogP contribution in [-0.4, -0.2) is 42.0 Å². The molecule has 22 heavy (non-hydrogen) atoms. The predicted octanol–water partition coefficient (Wildman–Crippen LogP) is 2.40. The van der Waals surface area contributed by atoms with Gasteiger partial charge in [-0.15, -0.1) is 5.10 Å². The van der Waals surface area contributed by atoms with Crippen molar-refractivity contribution in [3.63, 3.8) is 0 Å². The fourth-order valence-electron chi connectivity index (χ4n) is 2.67. The lowest BCUT2D eigenvalue weighted by atomic mass is 10.0. The molecule has 1 aliphatic rings. The van der Waals surface area contributed by atoms with Crippen LogP contribution in [0.1, 0.15) is 18.4 Å². The van der Waals surface area contributed by atoms with E-state index in [1.54, 1.807) is 13.3 Å². The van der Waals surface area contributed by atoms with Crippen LogP contribution in [-0.2, 0) is 11.2 Å². The molecule has 0 spiro atoms. The summed E-state index contributed by atoms with van der Waals surface area (Å²) >= 11 is 0. The average molecular weight is 299 g/mol. The molecule has 0 bridgehead atoms. The number of fused-ring (bicyclic) bond motifs is 1.